The first-order valence-electron chi connectivity index (χ1n) is 6.18. The molecule has 0 amide bonds. The Morgan fingerprint density at radius 3 is 2.67 bits per heavy atom. The summed E-state index contributed by atoms with van der Waals surface area (Å²) in [7, 11) is 0. The lowest BCUT2D eigenvalue weighted by atomic mass is 9.84. The Hall–Kier alpha value is -1.48. The summed E-state index contributed by atoms with van der Waals surface area (Å²) in [5.74, 6) is 1.09. The molecule has 2 N–H and O–H groups in total. The molecule has 0 aliphatic carbocycles. The van der Waals surface area contributed by atoms with Crippen molar-refractivity contribution in [2.75, 3.05) is 0 Å². The number of phenolic OH excluding ortho intramolecular Hbond substituents is 1. The molecule has 0 saturated carbocycles. The summed E-state index contributed by atoms with van der Waals surface area (Å²) in [6, 6.07) is 3.55. The summed E-state index contributed by atoms with van der Waals surface area (Å²) in [6.45, 7) is 9.15. The first-order chi connectivity index (χ1) is 8.32. The van der Waals surface area contributed by atoms with Gasteiger partial charge in [-0.2, -0.15) is 0 Å². The van der Waals surface area contributed by atoms with Crippen LogP contribution < -0.4 is 4.74 Å². The molecule has 0 bridgehead atoms. The monoisotopic (exact) mass is 248 g/mol. The number of hydrogen-bond acceptors (Lipinski definition) is 3. The van der Waals surface area contributed by atoms with Gasteiger partial charge in [0.25, 0.3) is 0 Å². The molecule has 1 aromatic carbocycles. The molecular weight excluding hydrogens is 228 g/mol. The minimum atomic E-state index is -0.898. The maximum Gasteiger partial charge on any atom is 0.128 e. The van der Waals surface area contributed by atoms with E-state index >= 15 is 0 Å². The molecular formula is C15H20O3. The zero-order valence-corrected chi connectivity index (χ0v) is 11.1. The van der Waals surface area contributed by atoms with Gasteiger partial charge in [-0.05, 0) is 44.9 Å². The zero-order valence-electron chi connectivity index (χ0n) is 11.1. The molecule has 2 rings (SSSR count). The summed E-state index contributed by atoms with van der Waals surface area (Å²) in [5, 5.41) is 19.9. The van der Waals surface area contributed by atoms with Gasteiger partial charge in [0, 0.05) is 11.5 Å². The van der Waals surface area contributed by atoms with E-state index in [1.165, 1.54) is 0 Å². The van der Waals surface area contributed by atoms with Crippen molar-refractivity contribution < 1.29 is 14.9 Å². The minimum Gasteiger partial charge on any atom is -0.508 e. The number of fused-ring (bicyclic) bond motifs is 1. The highest BCUT2D eigenvalue weighted by Gasteiger charge is 2.36. The second kappa shape index (κ2) is 4.32. The third-order valence-corrected chi connectivity index (χ3v) is 3.54. The molecule has 0 fully saturated rings. The smallest absolute Gasteiger partial charge is 0.128 e. The van der Waals surface area contributed by atoms with Gasteiger partial charge in [-0.1, -0.05) is 6.08 Å². The van der Waals surface area contributed by atoms with Gasteiger partial charge in [-0.15, -0.1) is 6.58 Å². The Balaban J connectivity index is 2.45. The fourth-order valence-corrected chi connectivity index (χ4v) is 2.29. The van der Waals surface area contributed by atoms with Crippen LogP contribution in [0.1, 0.15) is 37.3 Å². The standard InChI is InChI=1S/C15H20O3/c1-5-10-7-14(15(3,4)17)18-13-6-9(2)12(16)8-11(10)13/h5-6,8,10,14,16-17H,1,7H2,2-4H3/t10-,14+/m1/s1. The lowest BCUT2D eigenvalue weighted by molar-refractivity contribution is -0.0448. The summed E-state index contributed by atoms with van der Waals surface area (Å²) in [5.41, 5.74) is 0.812. The summed E-state index contributed by atoms with van der Waals surface area (Å²) in [4.78, 5) is 0. The number of aliphatic hydroxyl groups is 1. The quantitative estimate of drug-likeness (QED) is 0.791. The van der Waals surface area contributed by atoms with Crippen LogP contribution in [-0.4, -0.2) is 21.9 Å². The number of benzene rings is 1. The summed E-state index contributed by atoms with van der Waals surface area (Å²) < 4.78 is 5.86. The van der Waals surface area contributed by atoms with Crippen molar-refractivity contribution in [2.45, 2.75) is 44.8 Å². The van der Waals surface area contributed by atoms with Crippen LogP contribution in [0.2, 0.25) is 0 Å². The largest absolute Gasteiger partial charge is 0.508 e. The van der Waals surface area contributed by atoms with Gasteiger partial charge in [0.2, 0.25) is 0 Å². The van der Waals surface area contributed by atoms with Crippen molar-refractivity contribution in [1.29, 1.82) is 0 Å². The van der Waals surface area contributed by atoms with Crippen LogP contribution in [0, 0.1) is 6.92 Å². The second-order valence-corrected chi connectivity index (χ2v) is 5.51. The number of aryl methyl sites for hydroxylation is 1. The van der Waals surface area contributed by atoms with Crippen LogP contribution in [0.5, 0.6) is 11.5 Å². The topological polar surface area (TPSA) is 49.7 Å². The number of aromatic hydroxyl groups is 1. The second-order valence-electron chi connectivity index (χ2n) is 5.51. The van der Waals surface area contributed by atoms with Gasteiger partial charge in [0.1, 0.15) is 17.6 Å². The van der Waals surface area contributed by atoms with E-state index in [1.54, 1.807) is 19.9 Å². The summed E-state index contributed by atoms with van der Waals surface area (Å²) >= 11 is 0. The highest BCUT2D eigenvalue weighted by atomic mass is 16.5. The SMILES string of the molecule is C=C[C@@H]1C[C@@H](C(C)(C)O)Oc2cc(C)c(O)cc21. The van der Waals surface area contributed by atoms with Gasteiger partial charge in [0.05, 0.1) is 5.60 Å². The third kappa shape index (κ3) is 2.23. The van der Waals surface area contributed by atoms with Crippen molar-refractivity contribution in [3.63, 3.8) is 0 Å². The van der Waals surface area contributed by atoms with Gasteiger partial charge < -0.3 is 14.9 Å². The molecule has 3 heteroatoms. The van der Waals surface area contributed by atoms with Gasteiger partial charge in [0.15, 0.2) is 0 Å². The number of allylic oxidation sites excluding steroid dienone is 1. The molecule has 18 heavy (non-hydrogen) atoms. The molecule has 1 aliphatic rings. The third-order valence-electron chi connectivity index (χ3n) is 3.54. The van der Waals surface area contributed by atoms with Crippen LogP contribution in [0.15, 0.2) is 24.8 Å². The molecule has 3 nitrogen and oxygen atoms in total. The van der Waals surface area contributed by atoms with E-state index in [0.717, 1.165) is 16.9 Å². The summed E-state index contributed by atoms with van der Waals surface area (Å²) in [6.07, 6.45) is 2.24. The Kier molecular flexibility index (Phi) is 3.11. The zero-order chi connectivity index (χ0) is 13.5. The molecule has 0 spiro atoms. The van der Waals surface area contributed by atoms with E-state index in [4.69, 9.17) is 4.74 Å². The molecule has 1 aliphatic heterocycles. The fourth-order valence-electron chi connectivity index (χ4n) is 2.29. The fraction of sp³-hybridized carbons (Fsp3) is 0.467. The van der Waals surface area contributed by atoms with E-state index in [0.29, 0.717) is 6.42 Å². The van der Waals surface area contributed by atoms with E-state index in [-0.39, 0.29) is 17.8 Å². The predicted octanol–water partition coefficient (Wildman–Crippen LogP) is 2.89. The molecule has 0 aromatic heterocycles. The molecule has 1 heterocycles. The maximum atomic E-state index is 10.1. The molecule has 0 radical (unpaired) electrons. The van der Waals surface area contributed by atoms with Crippen molar-refractivity contribution >= 4 is 0 Å². The van der Waals surface area contributed by atoms with E-state index in [2.05, 4.69) is 6.58 Å². The average Bonchev–Trinajstić information content (AvgIpc) is 2.28. The lowest BCUT2D eigenvalue weighted by Crippen LogP contribution is -2.43. The molecule has 2 atom stereocenters. The molecule has 98 valence electrons. The Morgan fingerprint density at radius 1 is 1.44 bits per heavy atom. The number of ether oxygens (including phenoxy) is 1. The van der Waals surface area contributed by atoms with E-state index in [1.807, 2.05) is 19.1 Å². The van der Waals surface area contributed by atoms with Crippen LogP contribution in [0.25, 0.3) is 0 Å². The van der Waals surface area contributed by atoms with E-state index in [9.17, 15) is 10.2 Å². The van der Waals surface area contributed by atoms with Gasteiger partial charge in [-0.3, -0.25) is 0 Å². The molecule has 1 aromatic rings. The van der Waals surface area contributed by atoms with Crippen molar-refractivity contribution in [1.82, 2.24) is 0 Å². The van der Waals surface area contributed by atoms with Crippen LogP contribution in [0.4, 0.5) is 0 Å². The van der Waals surface area contributed by atoms with Crippen LogP contribution in [-0.2, 0) is 0 Å². The van der Waals surface area contributed by atoms with Crippen molar-refractivity contribution in [3.8, 4) is 11.5 Å². The predicted molar refractivity (Wildman–Crippen MR) is 71.1 cm³/mol. The molecule has 0 saturated heterocycles. The number of rotatable bonds is 2. The highest BCUT2D eigenvalue weighted by molar-refractivity contribution is 5.49. The average molecular weight is 248 g/mol. The first-order valence-corrected chi connectivity index (χ1v) is 6.18. The van der Waals surface area contributed by atoms with Crippen molar-refractivity contribution in [3.05, 3.63) is 35.9 Å². The van der Waals surface area contributed by atoms with Crippen LogP contribution in [0.3, 0.4) is 0 Å². The van der Waals surface area contributed by atoms with Crippen molar-refractivity contribution in [2.24, 2.45) is 0 Å². The number of phenols is 1. The van der Waals surface area contributed by atoms with E-state index < -0.39 is 5.60 Å². The normalized spacial score (nSPS) is 23.1. The first kappa shape index (κ1) is 13.0. The van der Waals surface area contributed by atoms with Gasteiger partial charge >= 0.3 is 0 Å². The highest BCUT2D eigenvalue weighted by Crippen LogP contribution is 2.42. The Bertz CT molecular complexity index is 471. The molecule has 0 unspecified atom stereocenters. The Morgan fingerprint density at radius 2 is 2.11 bits per heavy atom. The number of hydrogen-bond donors (Lipinski definition) is 2. The van der Waals surface area contributed by atoms with Crippen LogP contribution >= 0.6 is 0 Å². The minimum absolute atomic E-state index is 0.0941. The van der Waals surface area contributed by atoms with Gasteiger partial charge in [-0.25, -0.2) is 0 Å². The maximum absolute atomic E-state index is 10.1. The lowest BCUT2D eigenvalue weighted by Gasteiger charge is -2.37. The Labute approximate surface area is 108 Å².